The summed E-state index contributed by atoms with van der Waals surface area (Å²) in [4.78, 5) is 40.9. The Morgan fingerprint density at radius 2 is 1.47 bits per heavy atom. The van der Waals surface area contributed by atoms with E-state index in [1.54, 1.807) is 19.2 Å². The number of aromatic nitrogens is 2. The van der Waals surface area contributed by atoms with E-state index in [2.05, 4.69) is 15.6 Å². The van der Waals surface area contributed by atoms with Gasteiger partial charge in [0.15, 0.2) is 0 Å². The number of benzene rings is 1. The number of amides is 1. The third-order valence-corrected chi connectivity index (χ3v) is 4.30. The number of aryl methyl sites for hydroxylation is 1. The Kier molecular flexibility index (Phi) is 18.8. The molecule has 1 amide bonds. The molecule has 0 radical (unpaired) electrons. The molecule has 0 aliphatic carbocycles. The molecule has 0 saturated carbocycles. The van der Waals surface area contributed by atoms with Crippen molar-refractivity contribution in [2.75, 3.05) is 12.4 Å². The first-order valence-electron chi connectivity index (χ1n) is 12.7. The van der Waals surface area contributed by atoms with Crippen LogP contribution in [0.15, 0.2) is 47.3 Å². The van der Waals surface area contributed by atoms with Gasteiger partial charge < -0.3 is 15.7 Å². The Morgan fingerprint density at radius 3 is 1.97 bits per heavy atom. The SMILES string of the molecule is CC.CC.CC.CC.CNc1ccc2cc(C(=O)NCc3ccc(C)cc3)c(=O)n(CC(=O)O)c2n1. The zero-order valence-corrected chi connectivity index (χ0v) is 23.5. The largest absolute Gasteiger partial charge is 0.480 e. The molecule has 1 aromatic carbocycles. The summed E-state index contributed by atoms with van der Waals surface area (Å²) >= 11 is 0. The topological polar surface area (TPSA) is 113 Å². The molecule has 8 nitrogen and oxygen atoms in total. The third kappa shape index (κ3) is 10.3. The lowest BCUT2D eigenvalue weighted by molar-refractivity contribution is -0.137. The summed E-state index contributed by atoms with van der Waals surface area (Å²) in [5.74, 6) is -1.27. The number of carbonyl (C=O) groups is 2. The number of hydrogen-bond donors (Lipinski definition) is 3. The lowest BCUT2D eigenvalue weighted by atomic mass is 10.1. The van der Waals surface area contributed by atoms with Crippen molar-refractivity contribution < 1.29 is 14.7 Å². The van der Waals surface area contributed by atoms with Crippen LogP contribution in [0.2, 0.25) is 0 Å². The molecule has 0 saturated heterocycles. The van der Waals surface area contributed by atoms with E-state index in [4.69, 9.17) is 0 Å². The molecule has 3 aromatic rings. The van der Waals surface area contributed by atoms with Crippen LogP contribution in [0.3, 0.4) is 0 Å². The van der Waals surface area contributed by atoms with Crippen molar-refractivity contribution in [1.29, 1.82) is 0 Å². The van der Waals surface area contributed by atoms with Crippen molar-refractivity contribution in [3.05, 3.63) is 69.5 Å². The number of nitrogens with zero attached hydrogens (tertiary/aromatic N) is 2. The van der Waals surface area contributed by atoms with E-state index in [1.165, 1.54) is 6.07 Å². The van der Waals surface area contributed by atoms with Crippen LogP contribution in [-0.4, -0.2) is 33.6 Å². The molecule has 0 fully saturated rings. The normalized spacial score (nSPS) is 8.94. The van der Waals surface area contributed by atoms with Crippen molar-refractivity contribution in [3.63, 3.8) is 0 Å². The number of pyridine rings is 2. The standard InChI is InChI=1S/C20H20N4O4.4C2H6/c1-12-3-5-13(6-4-12)10-22-19(27)15-9-14-7-8-16(21-2)23-18(14)24(20(15)28)11-17(25)26;4*1-2/h3-9H,10-11H2,1-2H3,(H,21,23)(H,22,27)(H,25,26);4*1-2H3. The molecule has 0 bridgehead atoms. The quantitative estimate of drug-likeness (QED) is 0.390. The van der Waals surface area contributed by atoms with Crippen molar-refractivity contribution in [2.24, 2.45) is 0 Å². The van der Waals surface area contributed by atoms with Gasteiger partial charge in [0.05, 0.1) is 0 Å². The molecule has 0 aliphatic heterocycles. The minimum atomic E-state index is -1.20. The zero-order chi connectivity index (χ0) is 28.3. The number of carboxylic acids is 1. The number of anilines is 1. The zero-order valence-electron chi connectivity index (χ0n) is 23.5. The maximum atomic E-state index is 12.8. The molecule has 0 aliphatic rings. The highest BCUT2D eigenvalue weighted by Gasteiger charge is 2.18. The summed E-state index contributed by atoms with van der Waals surface area (Å²) in [6.45, 7) is 17.6. The number of hydrogen-bond acceptors (Lipinski definition) is 5. The molecule has 0 unspecified atom stereocenters. The molecule has 200 valence electrons. The highest BCUT2D eigenvalue weighted by molar-refractivity contribution is 5.97. The Balaban J connectivity index is 0. The van der Waals surface area contributed by atoms with E-state index in [1.807, 2.05) is 86.6 Å². The van der Waals surface area contributed by atoms with Crippen LogP contribution in [0.1, 0.15) is 76.9 Å². The number of rotatable bonds is 6. The van der Waals surface area contributed by atoms with E-state index in [0.717, 1.165) is 15.7 Å². The van der Waals surface area contributed by atoms with E-state index < -0.39 is 24.0 Å². The van der Waals surface area contributed by atoms with Crippen LogP contribution in [0, 0.1) is 6.92 Å². The molecule has 2 heterocycles. The third-order valence-electron chi connectivity index (χ3n) is 4.30. The highest BCUT2D eigenvalue weighted by atomic mass is 16.4. The van der Waals surface area contributed by atoms with Gasteiger partial charge in [-0.3, -0.25) is 19.0 Å². The number of aliphatic carboxylic acids is 1. The molecule has 3 rings (SSSR count). The Hall–Kier alpha value is -3.68. The first-order chi connectivity index (χ1) is 17.4. The second-order valence-electron chi connectivity index (χ2n) is 6.37. The highest BCUT2D eigenvalue weighted by Crippen LogP contribution is 2.15. The molecular weight excluding hydrogens is 456 g/mol. The van der Waals surface area contributed by atoms with Gasteiger partial charge in [-0.2, -0.15) is 0 Å². The van der Waals surface area contributed by atoms with E-state index in [0.29, 0.717) is 11.2 Å². The Bertz CT molecular complexity index is 1110. The summed E-state index contributed by atoms with van der Waals surface area (Å²) in [7, 11) is 1.67. The summed E-state index contributed by atoms with van der Waals surface area (Å²) in [6.07, 6.45) is 0. The fourth-order valence-corrected chi connectivity index (χ4v) is 2.81. The van der Waals surface area contributed by atoms with Crippen LogP contribution in [0.25, 0.3) is 11.0 Å². The summed E-state index contributed by atoms with van der Waals surface area (Å²) in [5.41, 5.74) is 1.38. The van der Waals surface area contributed by atoms with Gasteiger partial charge in [-0.05, 0) is 30.7 Å². The lowest BCUT2D eigenvalue weighted by Crippen LogP contribution is -2.34. The number of carboxylic acid groups (broad SMARTS) is 1. The molecule has 36 heavy (non-hydrogen) atoms. The summed E-state index contributed by atoms with van der Waals surface area (Å²) in [6, 6.07) is 12.5. The molecular formula is C28H44N4O4. The number of nitrogens with one attached hydrogen (secondary N) is 2. The fraction of sp³-hybridized carbons (Fsp3) is 0.429. The number of fused-ring (bicyclic) bond motifs is 1. The fourth-order valence-electron chi connectivity index (χ4n) is 2.81. The van der Waals surface area contributed by atoms with Gasteiger partial charge in [0.2, 0.25) is 0 Å². The van der Waals surface area contributed by atoms with Gasteiger partial charge in [-0.15, -0.1) is 0 Å². The van der Waals surface area contributed by atoms with Crippen LogP contribution < -0.4 is 16.2 Å². The number of carbonyl (C=O) groups excluding carboxylic acids is 1. The smallest absolute Gasteiger partial charge is 0.323 e. The van der Waals surface area contributed by atoms with Crippen molar-refractivity contribution >= 4 is 28.7 Å². The predicted octanol–water partition coefficient (Wildman–Crippen LogP) is 5.87. The van der Waals surface area contributed by atoms with Crippen molar-refractivity contribution in [3.8, 4) is 0 Å². The maximum absolute atomic E-state index is 12.8. The van der Waals surface area contributed by atoms with E-state index >= 15 is 0 Å². The summed E-state index contributed by atoms with van der Waals surface area (Å²) in [5, 5.41) is 15.2. The second-order valence-corrected chi connectivity index (χ2v) is 6.37. The van der Waals surface area contributed by atoms with Crippen LogP contribution in [0.4, 0.5) is 5.82 Å². The average Bonchev–Trinajstić information content (AvgIpc) is 2.93. The van der Waals surface area contributed by atoms with E-state index in [9.17, 15) is 19.5 Å². The van der Waals surface area contributed by atoms with Gasteiger partial charge in [0.1, 0.15) is 23.6 Å². The minimum Gasteiger partial charge on any atom is -0.480 e. The van der Waals surface area contributed by atoms with Gasteiger partial charge in [-0.1, -0.05) is 85.2 Å². The molecule has 3 N–H and O–H groups in total. The van der Waals surface area contributed by atoms with Crippen LogP contribution in [-0.2, 0) is 17.9 Å². The molecule has 0 spiro atoms. The van der Waals surface area contributed by atoms with E-state index in [-0.39, 0.29) is 17.8 Å². The first-order valence-corrected chi connectivity index (χ1v) is 12.7. The molecule has 2 aromatic heterocycles. The Morgan fingerprint density at radius 1 is 0.917 bits per heavy atom. The maximum Gasteiger partial charge on any atom is 0.323 e. The molecule has 0 atom stereocenters. The summed E-state index contributed by atoms with van der Waals surface area (Å²) < 4.78 is 0.999. The lowest BCUT2D eigenvalue weighted by Gasteiger charge is -2.12. The average molecular weight is 501 g/mol. The van der Waals surface area contributed by atoms with Crippen LogP contribution in [0.5, 0.6) is 0 Å². The monoisotopic (exact) mass is 500 g/mol. The Labute approximate surface area is 215 Å². The van der Waals surface area contributed by atoms with Gasteiger partial charge in [-0.25, -0.2) is 4.98 Å². The first kappa shape index (κ1) is 34.5. The van der Waals surface area contributed by atoms with Crippen molar-refractivity contribution in [2.45, 2.75) is 75.4 Å². The predicted molar refractivity (Wildman–Crippen MR) is 151 cm³/mol. The van der Waals surface area contributed by atoms with Crippen LogP contribution >= 0.6 is 0 Å². The van der Waals surface area contributed by atoms with Gasteiger partial charge in [0.25, 0.3) is 11.5 Å². The van der Waals surface area contributed by atoms with Crippen molar-refractivity contribution in [1.82, 2.24) is 14.9 Å². The van der Waals surface area contributed by atoms with Gasteiger partial charge in [0, 0.05) is 19.0 Å². The molecule has 8 heteroatoms. The van der Waals surface area contributed by atoms with Gasteiger partial charge >= 0.3 is 5.97 Å². The second kappa shape index (κ2) is 19.6. The minimum absolute atomic E-state index is 0.125.